The van der Waals surface area contributed by atoms with Crippen molar-refractivity contribution in [3.63, 3.8) is 0 Å². The third kappa shape index (κ3) is 5.85. The smallest absolute Gasteiger partial charge is 0.335 e. The molecule has 1 heterocycles. The number of carbonyl (C=O) groups excluding carboxylic acids is 1. The number of aromatic carboxylic acids is 1. The molecular weight excluding hydrogens is 534 g/mol. The minimum Gasteiger partial charge on any atom is -0.478 e. The summed E-state index contributed by atoms with van der Waals surface area (Å²) < 4.78 is 1.90. The van der Waals surface area contributed by atoms with E-state index >= 15 is 0 Å². The van der Waals surface area contributed by atoms with Gasteiger partial charge in [-0.25, -0.2) is 9.48 Å². The summed E-state index contributed by atoms with van der Waals surface area (Å²) >= 11 is 9.58. The summed E-state index contributed by atoms with van der Waals surface area (Å²) in [5.74, 6) is -1.52. The van der Waals surface area contributed by atoms with E-state index in [1.165, 1.54) is 36.5 Å². The minimum absolute atomic E-state index is 0.101. The summed E-state index contributed by atoms with van der Waals surface area (Å²) in [6.45, 7) is 0. The van der Waals surface area contributed by atoms with Crippen LogP contribution in [-0.4, -0.2) is 26.8 Å². The van der Waals surface area contributed by atoms with Gasteiger partial charge in [-0.2, -0.15) is 5.10 Å². The van der Waals surface area contributed by atoms with Crippen molar-refractivity contribution in [3.8, 4) is 11.1 Å². The Morgan fingerprint density at radius 1 is 1.03 bits per heavy atom. The number of hydrogen-bond acceptors (Lipinski definition) is 4. The Morgan fingerprint density at radius 2 is 1.74 bits per heavy atom. The Kier molecular flexibility index (Phi) is 7.43. The molecule has 1 aromatic heterocycles. The van der Waals surface area contributed by atoms with Crippen LogP contribution in [0.1, 0.15) is 22.0 Å². The van der Waals surface area contributed by atoms with Crippen LogP contribution in [0.25, 0.3) is 11.1 Å². The zero-order valence-electron chi connectivity index (χ0n) is 18.2. The zero-order chi connectivity index (χ0) is 24.9. The van der Waals surface area contributed by atoms with Crippen molar-refractivity contribution in [3.05, 3.63) is 116 Å². The SMILES string of the molecule is O=C(O)c1ccc(NC(=O)[C@H](Cc2ccccc2)n2ncc(-c3cc(Cl)ccc3Br)cc2=O)cc1. The molecule has 0 aliphatic rings. The molecule has 3 aromatic carbocycles. The lowest BCUT2D eigenvalue weighted by atomic mass is 10.0. The summed E-state index contributed by atoms with van der Waals surface area (Å²) in [4.78, 5) is 37.5. The lowest BCUT2D eigenvalue weighted by Gasteiger charge is -2.19. The molecule has 4 aromatic rings. The molecule has 1 atom stereocenters. The Hall–Kier alpha value is -3.75. The van der Waals surface area contributed by atoms with Crippen molar-refractivity contribution in [2.45, 2.75) is 12.5 Å². The number of rotatable bonds is 7. The van der Waals surface area contributed by atoms with Crippen molar-refractivity contribution < 1.29 is 14.7 Å². The van der Waals surface area contributed by atoms with Gasteiger partial charge in [-0.1, -0.05) is 57.9 Å². The summed E-state index contributed by atoms with van der Waals surface area (Å²) in [5.41, 5.74) is 2.17. The molecule has 4 rings (SSSR count). The maximum absolute atomic E-state index is 13.3. The van der Waals surface area contributed by atoms with Gasteiger partial charge in [0.15, 0.2) is 0 Å². The molecule has 0 aliphatic heterocycles. The molecule has 0 bridgehead atoms. The van der Waals surface area contributed by atoms with E-state index in [9.17, 15) is 14.4 Å². The van der Waals surface area contributed by atoms with Gasteiger partial charge < -0.3 is 10.4 Å². The monoisotopic (exact) mass is 551 g/mol. The lowest BCUT2D eigenvalue weighted by molar-refractivity contribution is -0.119. The molecule has 0 aliphatic carbocycles. The fourth-order valence-corrected chi connectivity index (χ4v) is 4.21. The van der Waals surface area contributed by atoms with Gasteiger partial charge in [0.05, 0.1) is 11.8 Å². The fraction of sp³-hybridized carbons (Fsp3) is 0.0769. The molecule has 0 saturated heterocycles. The number of anilines is 1. The molecule has 0 saturated carbocycles. The van der Waals surface area contributed by atoms with Gasteiger partial charge in [-0.05, 0) is 53.6 Å². The van der Waals surface area contributed by atoms with Gasteiger partial charge in [0.25, 0.3) is 5.56 Å². The average Bonchev–Trinajstić information content (AvgIpc) is 2.85. The highest BCUT2D eigenvalue weighted by atomic mass is 79.9. The van der Waals surface area contributed by atoms with Crippen LogP contribution in [0, 0.1) is 0 Å². The first-order valence-electron chi connectivity index (χ1n) is 10.5. The number of carboxylic acids is 1. The molecule has 0 fully saturated rings. The molecule has 7 nitrogen and oxygen atoms in total. The van der Waals surface area contributed by atoms with Gasteiger partial charge in [0.2, 0.25) is 5.91 Å². The standard InChI is InChI=1S/C26H19BrClN3O4/c27-22-11-8-19(28)14-21(22)18-13-24(32)31(29-15-18)23(12-16-4-2-1-3-5-16)25(33)30-20-9-6-17(7-10-20)26(34)35/h1-11,13-15,23H,12H2,(H,30,33)(H,34,35)/t23-/m0/s1. The number of carbonyl (C=O) groups is 2. The van der Waals surface area contributed by atoms with Crippen molar-refractivity contribution in [1.82, 2.24) is 9.78 Å². The van der Waals surface area contributed by atoms with Gasteiger partial charge in [0.1, 0.15) is 6.04 Å². The van der Waals surface area contributed by atoms with Gasteiger partial charge in [0, 0.05) is 33.2 Å². The largest absolute Gasteiger partial charge is 0.478 e. The maximum Gasteiger partial charge on any atom is 0.335 e. The topological polar surface area (TPSA) is 101 Å². The number of benzene rings is 3. The molecule has 1 amide bonds. The summed E-state index contributed by atoms with van der Waals surface area (Å²) in [5, 5.41) is 16.7. The Balaban J connectivity index is 1.68. The lowest BCUT2D eigenvalue weighted by Crippen LogP contribution is -2.36. The first-order valence-corrected chi connectivity index (χ1v) is 11.7. The quantitative estimate of drug-likeness (QED) is 0.318. The highest BCUT2D eigenvalue weighted by Crippen LogP contribution is 2.30. The second-order valence-electron chi connectivity index (χ2n) is 7.73. The zero-order valence-corrected chi connectivity index (χ0v) is 20.5. The van der Waals surface area contributed by atoms with E-state index in [2.05, 4.69) is 26.3 Å². The number of aromatic nitrogens is 2. The van der Waals surface area contributed by atoms with Crippen molar-refractivity contribution >= 4 is 45.1 Å². The van der Waals surface area contributed by atoms with Crippen LogP contribution in [0.2, 0.25) is 5.02 Å². The van der Waals surface area contributed by atoms with Crippen LogP contribution in [0.15, 0.2) is 94.3 Å². The number of nitrogens with zero attached hydrogens (tertiary/aromatic N) is 2. The van der Waals surface area contributed by atoms with E-state index in [0.29, 0.717) is 21.8 Å². The van der Waals surface area contributed by atoms with Crippen LogP contribution in [0.4, 0.5) is 5.69 Å². The second kappa shape index (κ2) is 10.7. The molecule has 0 unspecified atom stereocenters. The Morgan fingerprint density at radius 3 is 2.40 bits per heavy atom. The van der Waals surface area contributed by atoms with Crippen LogP contribution < -0.4 is 10.9 Å². The van der Waals surface area contributed by atoms with Crippen molar-refractivity contribution in [2.24, 2.45) is 0 Å². The molecule has 9 heteroatoms. The first-order chi connectivity index (χ1) is 16.8. The van der Waals surface area contributed by atoms with E-state index in [1.54, 1.807) is 18.2 Å². The first kappa shape index (κ1) is 24.4. The number of nitrogens with one attached hydrogen (secondary N) is 1. The van der Waals surface area contributed by atoms with E-state index in [4.69, 9.17) is 16.7 Å². The summed E-state index contributed by atoms with van der Waals surface area (Å²) in [6, 6.07) is 20.8. The van der Waals surface area contributed by atoms with Gasteiger partial charge in [-0.3, -0.25) is 9.59 Å². The number of hydrogen-bond donors (Lipinski definition) is 2. The van der Waals surface area contributed by atoms with Crippen molar-refractivity contribution in [1.29, 1.82) is 0 Å². The predicted molar refractivity (Wildman–Crippen MR) is 138 cm³/mol. The Labute approximate surface area is 214 Å². The third-order valence-corrected chi connectivity index (χ3v) is 6.26. The van der Waals surface area contributed by atoms with Crippen LogP contribution in [-0.2, 0) is 11.2 Å². The number of halogens is 2. The predicted octanol–water partition coefficient (Wildman–Crippen LogP) is 5.45. The summed E-state index contributed by atoms with van der Waals surface area (Å²) in [7, 11) is 0. The average molecular weight is 553 g/mol. The second-order valence-corrected chi connectivity index (χ2v) is 9.02. The normalized spacial score (nSPS) is 11.6. The van der Waals surface area contributed by atoms with E-state index in [0.717, 1.165) is 14.7 Å². The maximum atomic E-state index is 13.3. The highest BCUT2D eigenvalue weighted by molar-refractivity contribution is 9.10. The van der Waals surface area contributed by atoms with Crippen molar-refractivity contribution in [2.75, 3.05) is 5.32 Å². The summed E-state index contributed by atoms with van der Waals surface area (Å²) in [6.07, 6.45) is 1.75. The Bertz CT molecular complexity index is 1440. The number of carboxylic acid groups (broad SMARTS) is 1. The van der Waals surface area contributed by atoms with Gasteiger partial charge in [-0.15, -0.1) is 0 Å². The van der Waals surface area contributed by atoms with E-state index in [-0.39, 0.29) is 12.0 Å². The van der Waals surface area contributed by atoms with Gasteiger partial charge >= 0.3 is 5.97 Å². The highest BCUT2D eigenvalue weighted by Gasteiger charge is 2.24. The molecule has 176 valence electrons. The third-order valence-electron chi connectivity index (χ3n) is 5.33. The molecule has 0 radical (unpaired) electrons. The van der Waals surface area contributed by atoms with Crippen LogP contribution in [0.3, 0.4) is 0 Å². The molecular formula is C26H19BrClN3O4. The van der Waals surface area contributed by atoms with E-state index < -0.39 is 23.5 Å². The van der Waals surface area contributed by atoms with Crippen LogP contribution in [0.5, 0.6) is 0 Å². The molecule has 2 N–H and O–H groups in total. The minimum atomic E-state index is -1.06. The van der Waals surface area contributed by atoms with Crippen LogP contribution >= 0.6 is 27.5 Å². The fourth-order valence-electron chi connectivity index (χ4n) is 3.57. The number of amides is 1. The van der Waals surface area contributed by atoms with E-state index in [1.807, 2.05) is 30.3 Å². The molecule has 35 heavy (non-hydrogen) atoms. The molecule has 0 spiro atoms.